The predicted octanol–water partition coefficient (Wildman–Crippen LogP) is 1.64. The Labute approximate surface area is 87.8 Å². The van der Waals surface area contributed by atoms with Crippen LogP contribution in [-0.2, 0) is 0 Å². The van der Waals surface area contributed by atoms with Gasteiger partial charge in [-0.25, -0.2) is 0 Å². The molecule has 1 unspecified atom stereocenters. The fourth-order valence-electron chi connectivity index (χ4n) is 0.850. The van der Waals surface area contributed by atoms with E-state index < -0.39 is 5.60 Å². The van der Waals surface area contributed by atoms with Crippen LogP contribution in [0.3, 0.4) is 0 Å². The molecule has 0 radical (unpaired) electrons. The van der Waals surface area contributed by atoms with Crippen molar-refractivity contribution < 1.29 is 9.90 Å². The molecule has 2 N–H and O–H groups in total. The summed E-state index contributed by atoms with van der Waals surface area (Å²) in [6.45, 7) is 5.13. The molecule has 3 nitrogen and oxygen atoms in total. The Morgan fingerprint density at radius 2 is 2.29 bits per heavy atom. The predicted molar refractivity (Wildman–Crippen MR) is 57.5 cm³/mol. The highest BCUT2D eigenvalue weighted by Crippen LogP contribution is 2.10. The average molecular weight is 213 g/mol. The van der Waals surface area contributed by atoms with E-state index in [1.54, 1.807) is 32.2 Å². The second kappa shape index (κ2) is 4.11. The lowest BCUT2D eigenvalue weighted by Crippen LogP contribution is -2.47. The molecule has 1 aromatic rings. The van der Waals surface area contributed by atoms with Gasteiger partial charge in [0.1, 0.15) is 0 Å². The van der Waals surface area contributed by atoms with E-state index in [0.717, 1.165) is 0 Å². The molecule has 1 aromatic heterocycles. The van der Waals surface area contributed by atoms with Crippen LogP contribution in [0.2, 0.25) is 0 Å². The van der Waals surface area contributed by atoms with Crippen LogP contribution >= 0.6 is 11.3 Å². The molecule has 1 amide bonds. The Kier molecular flexibility index (Phi) is 3.29. The Balaban J connectivity index is 2.58. The lowest BCUT2D eigenvalue weighted by atomic mass is 10.0. The van der Waals surface area contributed by atoms with Gasteiger partial charge in [-0.05, 0) is 32.2 Å². The quantitative estimate of drug-likeness (QED) is 0.802. The molecule has 1 atom stereocenters. The number of nitrogens with one attached hydrogen (secondary N) is 1. The molecule has 0 aliphatic carbocycles. The van der Waals surface area contributed by atoms with Gasteiger partial charge < -0.3 is 10.4 Å². The molecular weight excluding hydrogens is 198 g/mol. The second-order valence-corrected chi connectivity index (χ2v) is 4.64. The molecule has 0 bridgehead atoms. The molecule has 0 saturated carbocycles. The summed E-state index contributed by atoms with van der Waals surface area (Å²) in [6, 6.07) is 1.49. The molecule has 14 heavy (non-hydrogen) atoms. The highest BCUT2D eigenvalue weighted by molar-refractivity contribution is 7.08. The van der Waals surface area contributed by atoms with E-state index in [1.807, 2.05) is 5.38 Å². The van der Waals surface area contributed by atoms with Gasteiger partial charge in [-0.15, -0.1) is 0 Å². The van der Waals surface area contributed by atoms with Crippen LogP contribution in [0.25, 0.3) is 0 Å². The maximum absolute atomic E-state index is 11.5. The summed E-state index contributed by atoms with van der Waals surface area (Å²) in [7, 11) is 0. The minimum atomic E-state index is -0.897. The zero-order valence-electron chi connectivity index (χ0n) is 8.57. The summed E-state index contributed by atoms with van der Waals surface area (Å²) < 4.78 is 0. The standard InChI is InChI=1S/C10H15NO2S/c1-7(10(2,3)13)11-9(12)8-4-5-14-6-8/h4-7,13H,1-3H3,(H,11,12). The summed E-state index contributed by atoms with van der Waals surface area (Å²) in [4.78, 5) is 11.5. The molecule has 0 spiro atoms. The minimum Gasteiger partial charge on any atom is -0.388 e. The van der Waals surface area contributed by atoms with Gasteiger partial charge in [0.2, 0.25) is 0 Å². The van der Waals surface area contributed by atoms with E-state index in [9.17, 15) is 9.90 Å². The van der Waals surface area contributed by atoms with Gasteiger partial charge in [0, 0.05) is 10.9 Å². The molecule has 0 saturated heterocycles. The van der Waals surface area contributed by atoms with E-state index in [4.69, 9.17) is 0 Å². The van der Waals surface area contributed by atoms with Crippen LogP contribution in [-0.4, -0.2) is 22.7 Å². The Morgan fingerprint density at radius 1 is 1.64 bits per heavy atom. The smallest absolute Gasteiger partial charge is 0.252 e. The SMILES string of the molecule is CC(NC(=O)c1ccsc1)C(C)(C)O. The molecular formula is C10H15NO2S. The second-order valence-electron chi connectivity index (χ2n) is 3.86. The molecule has 4 heteroatoms. The zero-order chi connectivity index (χ0) is 10.8. The number of amides is 1. The third-order valence-electron chi connectivity index (χ3n) is 2.19. The lowest BCUT2D eigenvalue weighted by Gasteiger charge is -2.26. The number of thiophene rings is 1. The number of carbonyl (C=O) groups is 1. The molecule has 0 fully saturated rings. The first-order valence-electron chi connectivity index (χ1n) is 4.46. The summed E-state index contributed by atoms with van der Waals surface area (Å²) >= 11 is 1.48. The van der Waals surface area contributed by atoms with Crippen molar-refractivity contribution >= 4 is 17.2 Å². The monoisotopic (exact) mass is 213 g/mol. The van der Waals surface area contributed by atoms with Crippen molar-refractivity contribution in [1.29, 1.82) is 0 Å². The molecule has 0 aliphatic heterocycles. The Morgan fingerprint density at radius 3 is 2.71 bits per heavy atom. The number of hydrogen-bond acceptors (Lipinski definition) is 3. The Bertz CT molecular complexity index is 300. The number of carbonyl (C=O) groups excluding carboxylic acids is 1. The fourth-order valence-corrected chi connectivity index (χ4v) is 1.49. The van der Waals surface area contributed by atoms with Gasteiger partial charge in [0.05, 0.1) is 11.6 Å². The van der Waals surface area contributed by atoms with Crippen molar-refractivity contribution in [3.63, 3.8) is 0 Å². The van der Waals surface area contributed by atoms with E-state index in [1.165, 1.54) is 11.3 Å². The maximum atomic E-state index is 11.5. The van der Waals surface area contributed by atoms with Crippen LogP contribution in [0.1, 0.15) is 31.1 Å². The van der Waals surface area contributed by atoms with Gasteiger partial charge in [0.25, 0.3) is 5.91 Å². The normalized spacial score (nSPS) is 13.7. The van der Waals surface area contributed by atoms with Crippen LogP contribution in [0.5, 0.6) is 0 Å². The van der Waals surface area contributed by atoms with E-state index in [-0.39, 0.29) is 11.9 Å². The summed E-state index contributed by atoms with van der Waals surface area (Å²) in [5, 5.41) is 16.0. The van der Waals surface area contributed by atoms with E-state index in [2.05, 4.69) is 5.32 Å². The van der Waals surface area contributed by atoms with Gasteiger partial charge in [0.15, 0.2) is 0 Å². The van der Waals surface area contributed by atoms with Crippen LogP contribution in [0.15, 0.2) is 16.8 Å². The fraction of sp³-hybridized carbons (Fsp3) is 0.500. The first-order valence-corrected chi connectivity index (χ1v) is 5.41. The summed E-state index contributed by atoms with van der Waals surface area (Å²) in [6.07, 6.45) is 0. The van der Waals surface area contributed by atoms with Gasteiger partial charge in [-0.2, -0.15) is 11.3 Å². The van der Waals surface area contributed by atoms with E-state index in [0.29, 0.717) is 5.56 Å². The highest BCUT2D eigenvalue weighted by atomic mass is 32.1. The Hall–Kier alpha value is -0.870. The lowest BCUT2D eigenvalue weighted by molar-refractivity contribution is 0.0409. The van der Waals surface area contributed by atoms with Crippen molar-refractivity contribution in [2.75, 3.05) is 0 Å². The van der Waals surface area contributed by atoms with Crippen molar-refractivity contribution in [1.82, 2.24) is 5.32 Å². The maximum Gasteiger partial charge on any atom is 0.252 e. The first-order chi connectivity index (χ1) is 6.41. The van der Waals surface area contributed by atoms with Crippen LogP contribution in [0, 0.1) is 0 Å². The van der Waals surface area contributed by atoms with Crippen LogP contribution in [0.4, 0.5) is 0 Å². The average Bonchev–Trinajstić information content (AvgIpc) is 2.53. The van der Waals surface area contributed by atoms with Crippen molar-refractivity contribution in [2.45, 2.75) is 32.4 Å². The van der Waals surface area contributed by atoms with Gasteiger partial charge in [-0.3, -0.25) is 4.79 Å². The minimum absolute atomic E-state index is 0.138. The molecule has 78 valence electrons. The van der Waals surface area contributed by atoms with Crippen LogP contribution < -0.4 is 5.32 Å². The van der Waals surface area contributed by atoms with E-state index >= 15 is 0 Å². The van der Waals surface area contributed by atoms with Crippen molar-refractivity contribution in [3.05, 3.63) is 22.4 Å². The largest absolute Gasteiger partial charge is 0.388 e. The van der Waals surface area contributed by atoms with Gasteiger partial charge >= 0.3 is 0 Å². The molecule has 0 aliphatic rings. The zero-order valence-corrected chi connectivity index (χ0v) is 9.39. The third-order valence-corrected chi connectivity index (χ3v) is 2.87. The number of aliphatic hydroxyl groups is 1. The van der Waals surface area contributed by atoms with Gasteiger partial charge in [-0.1, -0.05) is 0 Å². The topological polar surface area (TPSA) is 49.3 Å². The number of rotatable bonds is 3. The molecule has 1 heterocycles. The highest BCUT2D eigenvalue weighted by Gasteiger charge is 2.24. The molecule has 0 aromatic carbocycles. The van der Waals surface area contributed by atoms with Crippen molar-refractivity contribution in [2.24, 2.45) is 0 Å². The molecule has 1 rings (SSSR count). The van der Waals surface area contributed by atoms with Crippen molar-refractivity contribution in [3.8, 4) is 0 Å². The first kappa shape index (κ1) is 11.2. The summed E-state index contributed by atoms with van der Waals surface area (Å²) in [5.41, 5.74) is -0.253. The summed E-state index contributed by atoms with van der Waals surface area (Å²) in [5.74, 6) is -0.138. The number of hydrogen-bond donors (Lipinski definition) is 2. The third kappa shape index (κ3) is 2.82.